The van der Waals surface area contributed by atoms with Crippen LogP contribution in [0.5, 0.6) is 0 Å². The van der Waals surface area contributed by atoms with E-state index in [2.05, 4.69) is 18.9 Å². The van der Waals surface area contributed by atoms with Crippen LogP contribution in [-0.4, -0.2) is 55.7 Å². The van der Waals surface area contributed by atoms with Crippen LogP contribution >= 0.6 is 23.7 Å². The molecule has 0 N–H and O–H groups in total. The molecule has 1 saturated heterocycles. The molecule has 2 aromatic rings. The maximum absolute atomic E-state index is 14.1. The molecule has 2 aliphatic rings. The van der Waals surface area contributed by atoms with Gasteiger partial charge in [-0.1, -0.05) is 44.2 Å². The summed E-state index contributed by atoms with van der Waals surface area (Å²) in [6, 6.07) is 11.9. The molecule has 2 heterocycles. The van der Waals surface area contributed by atoms with Crippen LogP contribution in [0.3, 0.4) is 0 Å². The SMILES string of the molecule is CCC(=O)OCOC(=O)c1sc(-c2ccccc2)cc1N(C(=O)C1CCC(C)CC1)C1CCN(C)CC1.Cl. The molecular weight excluding hydrogens is 524 g/mol. The van der Waals surface area contributed by atoms with Crippen molar-refractivity contribution >= 4 is 47.3 Å². The molecule has 7 nitrogen and oxygen atoms in total. The van der Waals surface area contributed by atoms with Crippen molar-refractivity contribution in [1.29, 1.82) is 0 Å². The maximum Gasteiger partial charge on any atom is 0.353 e. The molecule has 0 bridgehead atoms. The fourth-order valence-corrected chi connectivity index (χ4v) is 6.27. The third-order valence-electron chi connectivity index (χ3n) is 7.57. The monoisotopic (exact) mass is 562 g/mol. The number of likely N-dealkylation sites (tertiary alicyclic amines) is 1. The average Bonchev–Trinajstić information content (AvgIpc) is 3.35. The van der Waals surface area contributed by atoms with Gasteiger partial charge in [-0.2, -0.15) is 0 Å². The van der Waals surface area contributed by atoms with Gasteiger partial charge < -0.3 is 19.3 Å². The Labute approximate surface area is 235 Å². The number of hydrogen-bond acceptors (Lipinski definition) is 7. The van der Waals surface area contributed by atoms with Crippen LogP contribution in [-0.2, 0) is 19.1 Å². The summed E-state index contributed by atoms with van der Waals surface area (Å²) in [5.74, 6) is -0.286. The number of thiophene rings is 1. The predicted octanol–water partition coefficient (Wildman–Crippen LogP) is 6.16. The van der Waals surface area contributed by atoms with E-state index in [1.54, 1.807) is 6.92 Å². The molecule has 1 amide bonds. The lowest BCUT2D eigenvalue weighted by molar-refractivity contribution is -0.151. The largest absolute Gasteiger partial charge is 0.428 e. The summed E-state index contributed by atoms with van der Waals surface area (Å²) in [6.45, 7) is 5.30. The lowest BCUT2D eigenvalue weighted by Gasteiger charge is -2.40. The molecule has 1 saturated carbocycles. The van der Waals surface area contributed by atoms with Crippen molar-refractivity contribution < 1.29 is 23.9 Å². The second kappa shape index (κ2) is 14.1. The molecule has 4 rings (SSSR count). The number of halogens is 1. The number of benzene rings is 1. The second-order valence-corrected chi connectivity index (χ2v) is 11.4. The zero-order valence-electron chi connectivity index (χ0n) is 22.5. The van der Waals surface area contributed by atoms with Crippen molar-refractivity contribution in [2.24, 2.45) is 11.8 Å². The number of anilines is 1. The smallest absolute Gasteiger partial charge is 0.353 e. The Morgan fingerprint density at radius 2 is 1.66 bits per heavy atom. The first-order valence-corrected chi connectivity index (χ1v) is 14.2. The number of piperidine rings is 1. The Bertz CT molecular complexity index is 1080. The lowest BCUT2D eigenvalue weighted by Crippen LogP contribution is -2.49. The van der Waals surface area contributed by atoms with Gasteiger partial charge in [0, 0.05) is 23.3 Å². The van der Waals surface area contributed by atoms with Crippen LogP contribution in [0.15, 0.2) is 36.4 Å². The van der Waals surface area contributed by atoms with Gasteiger partial charge in [-0.25, -0.2) is 4.79 Å². The maximum atomic E-state index is 14.1. The van der Waals surface area contributed by atoms with E-state index < -0.39 is 18.7 Å². The minimum Gasteiger partial charge on any atom is -0.428 e. The van der Waals surface area contributed by atoms with Gasteiger partial charge in [-0.15, -0.1) is 23.7 Å². The zero-order chi connectivity index (χ0) is 26.4. The van der Waals surface area contributed by atoms with Crippen molar-refractivity contribution in [2.45, 2.75) is 64.8 Å². The normalized spacial score (nSPS) is 20.3. The summed E-state index contributed by atoms with van der Waals surface area (Å²) in [5.41, 5.74) is 1.60. The van der Waals surface area contributed by atoms with Crippen molar-refractivity contribution in [2.75, 3.05) is 31.8 Å². The summed E-state index contributed by atoms with van der Waals surface area (Å²) in [6.07, 6.45) is 5.77. The number of carbonyl (C=O) groups is 3. The number of nitrogens with zero attached hydrogens (tertiary/aromatic N) is 2. The van der Waals surface area contributed by atoms with E-state index in [-0.39, 0.29) is 36.7 Å². The van der Waals surface area contributed by atoms with Gasteiger partial charge in [0.05, 0.1) is 5.69 Å². The number of amides is 1. The highest BCUT2D eigenvalue weighted by molar-refractivity contribution is 7.18. The van der Waals surface area contributed by atoms with E-state index in [0.717, 1.165) is 62.1 Å². The van der Waals surface area contributed by atoms with Crippen LogP contribution in [0.2, 0.25) is 0 Å². The van der Waals surface area contributed by atoms with Crippen molar-refractivity contribution in [3.8, 4) is 10.4 Å². The topological polar surface area (TPSA) is 76.1 Å². The highest BCUT2D eigenvalue weighted by Crippen LogP contribution is 2.41. The van der Waals surface area contributed by atoms with Crippen molar-refractivity contribution in [3.63, 3.8) is 0 Å². The summed E-state index contributed by atoms with van der Waals surface area (Å²) >= 11 is 1.32. The molecule has 1 aromatic heterocycles. The van der Waals surface area contributed by atoms with Crippen molar-refractivity contribution in [1.82, 2.24) is 4.90 Å². The third-order valence-corrected chi connectivity index (χ3v) is 8.72. The van der Waals surface area contributed by atoms with E-state index in [1.807, 2.05) is 41.3 Å². The first kappa shape index (κ1) is 30.1. The van der Waals surface area contributed by atoms with Gasteiger partial charge in [0.1, 0.15) is 4.88 Å². The molecule has 1 aromatic carbocycles. The zero-order valence-corrected chi connectivity index (χ0v) is 24.2. The summed E-state index contributed by atoms with van der Waals surface area (Å²) < 4.78 is 10.4. The fraction of sp³-hybridized carbons (Fsp3) is 0.552. The Kier molecular flexibility index (Phi) is 11.2. The molecular formula is C29H39ClN2O5S. The average molecular weight is 563 g/mol. The number of carbonyl (C=O) groups excluding carboxylic acids is 3. The van der Waals surface area contributed by atoms with Crippen LogP contribution in [0.1, 0.15) is 68.5 Å². The molecule has 9 heteroatoms. The molecule has 1 aliphatic carbocycles. The van der Waals surface area contributed by atoms with E-state index >= 15 is 0 Å². The first-order chi connectivity index (χ1) is 17.9. The number of ether oxygens (including phenoxy) is 2. The minimum atomic E-state index is -0.575. The molecule has 0 unspecified atom stereocenters. The van der Waals surface area contributed by atoms with Gasteiger partial charge in [-0.3, -0.25) is 9.59 Å². The number of esters is 2. The quantitative estimate of drug-likeness (QED) is 0.283. The Morgan fingerprint density at radius 1 is 1.00 bits per heavy atom. The van der Waals surface area contributed by atoms with E-state index in [1.165, 1.54) is 11.3 Å². The van der Waals surface area contributed by atoms with Crippen LogP contribution in [0, 0.1) is 11.8 Å². The summed E-state index contributed by atoms with van der Waals surface area (Å²) in [4.78, 5) is 44.5. The van der Waals surface area contributed by atoms with Crippen molar-refractivity contribution in [3.05, 3.63) is 41.3 Å². The lowest BCUT2D eigenvalue weighted by atomic mass is 9.82. The number of rotatable bonds is 8. The second-order valence-electron chi connectivity index (χ2n) is 10.3. The Hall–Kier alpha value is -2.42. The Balaban J connectivity index is 0.00000400. The summed E-state index contributed by atoms with van der Waals surface area (Å²) in [7, 11) is 2.10. The van der Waals surface area contributed by atoms with Gasteiger partial charge >= 0.3 is 11.9 Å². The Morgan fingerprint density at radius 3 is 2.29 bits per heavy atom. The van der Waals surface area contributed by atoms with Crippen LogP contribution in [0.25, 0.3) is 10.4 Å². The molecule has 208 valence electrons. The highest BCUT2D eigenvalue weighted by atomic mass is 35.5. The molecule has 0 radical (unpaired) electrons. The van der Waals surface area contributed by atoms with E-state index in [4.69, 9.17) is 9.47 Å². The van der Waals surface area contributed by atoms with Gasteiger partial charge in [0.2, 0.25) is 12.7 Å². The molecule has 1 aliphatic heterocycles. The molecule has 0 spiro atoms. The van der Waals surface area contributed by atoms with Gasteiger partial charge in [0.15, 0.2) is 0 Å². The highest BCUT2D eigenvalue weighted by Gasteiger charge is 2.37. The third kappa shape index (κ3) is 7.36. The first-order valence-electron chi connectivity index (χ1n) is 13.4. The predicted molar refractivity (Wildman–Crippen MR) is 153 cm³/mol. The fourth-order valence-electron chi connectivity index (χ4n) is 5.22. The standard InChI is InChI=1S/C29H38N2O5S.ClH/c1-4-26(32)35-19-36-29(34)27-24(18-25(37-27)21-8-6-5-7-9-21)31(23-14-16-30(3)17-15-23)28(33)22-12-10-20(2)11-13-22;/h5-9,18,20,22-23H,4,10-17,19H2,1-3H3;1H. The van der Waals surface area contributed by atoms with Gasteiger partial charge in [0.25, 0.3) is 0 Å². The van der Waals surface area contributed by atoms with Crippen LogP contribution in [0.4, 0.5) is 5.69 Å². The minimum absolute atomic E-state index is 0. The van der Waals surface area contributed by atoms with E-state index in [9.17, 15) is 14.4 Å². The summed E-state index contributed by atoms with van der Waals surface area (Å²) in [5, 5.41) is 0. The van der Waals surface area contributed by atoms with E-state index in [0.29, 0.717) is 16.5 Å². The number of hydrogen-bond donors (Lipinski definition) is 0. The van der Waals surface area contributed by atoms with Gasteiger partial charge in [-0.05, 0) is 76.2 Å². The molecule has 2 fully saturated rings. The molecule has 38 heavy (non-hydrogen) atoms. The van der Waals surface area contributed by atoms with Crippen LogP contribution < -0.4 is 4.90 Å². The molecule has 0 atom stereocenters.